The largest absolute Gasteiger partial charge is 0.497 e. The van der Waals surface area contributed by atoms with Crippen LogP contribution in [0, 0.1) is 0 Å². The van der Waals surface area contributed by atoms with E-state index in [0.717, 1.165) is 16.6 Å². The molecule has 1 N–H and O–H groups in total. The molecule has 8 heteroatoms. The molecule has 31 heavy (non-hydrogen) atoms. The molecule has 156 valence electrons. The van der Waals surface area contributed by atoms with Crippen LogP contribution < -0.4 is 10.1 Å². The molecule has 0 aliphatic rings. The number of rotatable bonds is 7. The van der Waals surface area contributed by atoms with Crippen LogP contribution >= 0.6 is 0 Å². The average Bonchev–Trinajstić information content (AvgIpc) is 3.21. The van der Waals surface area contributed by atoms with E-state index in [1.54, 1.807) is 48.2 Å². The van der Waals surface area contributed by atoms with Crippen molar-refractivity contribution in [3.05, 3.63) is 83.9 Å². The summed E-state index contributed by atoms with van der Waals surface area (Å²) in [6, 6.07) is 21.6. The number of nitrogens with one attached hydrogen (secondary N) is 1. The molecule has 0 radical (unpaired) electrons. The molecule has 1 aromatic heterocycles. The van der Waals surface area contributed by atoms with Crippen LogP contribution in [0.5, 0.6) is 5.75 Å². The standard InChI is InChI=1S/C23H20N4O4/c1-30-19-6-4-5-18(13-19)24-22(28)15-31-23(29)17-11-9-16(10-12-17)14-27-21-8-3-2-7-20(21)25-26-27/h2-13H,14-15H2,1H3,(H,24,28). The average molecular weight is 416 g/mol. The Morgan fingerprint density at radius 3 is 2.61 bits per heavy atom. The van der Waals surface area contributed by atoms with Gasteiger partial charge in [-0.2, -0.15) is 0 Å². The number of ether oxygens (including phenoxy) is 2. The van der Waals surface area contributed by atoms with Crippen molar-refractivity contribution in [3.8, 4) is 5.75 Å². The molecule has 8 nitrogen and oxygen atoms in total. The third-order valence-corrected chi connectivity index (χ3v) is 4.63. The number of carbonyl (C=O) groups excluding carboxylic acids is 2. The number of fused-ring (bicyclic) bond motifs is 1. The van der Waals surface area contributed by atoms with Gasteiger partial charge in [-0.1, -0.05) is 35.5 Å². The smallest absolute Gasteiger partial charge is 0.338 e. The minimum atomic E-state index is -0.571. The number of hydrogen-bond donors (Lipinski definition) is 1. The maximum absolute atomic E-state index is 12.3. The lowest BCUT2D eigenvalue weighted by atomic mass is 10.1. The minimum absolute atomic E-state index is 0.362. The predicted octanol–water partition coefficient (Wildman–Crippen LogP) is 3.28. The predicted molar refractivity (Wildman–Crippen MR) is 115 cm³/mol. The topological polar surface area (TPSA) is 95.3 Å². The van der Waals surface area contributed by atoms with Crippen molar-refractivity contribution in [1.29, 1.82) is 0 Å². The molecule has 0 spiro atoms. The SMILES string of the molecule is COc1cccc(NC(=O)COC(=O)c2ccc(Cn3nnc4ccccc43)cc2)c1. The maximum Gasteiger partial charge on any atom is 0.338 e. The molecule has 0 bridgehead atoms. The summed E-state index contributed by atoms with van der Waals surface area (Å²) in [6.07, 6.45) is 0. The number of anilines is 1. The zero-order valence-corrected chi connectivity index (χ0v) is 16.8. The van der Waals surface area contributed by atoms with Crippen LogP contribution in [-0.2, 0) is 16.1 Å². The molecular formula is C23H20N4O4. The summed E-state index contributed by atoms with van der Waals surface area (Å²) in [7, 11) is 1.54. The highest BCUT2D eigenvalue weighted by Gasteiger charge is 2.11. The van der Waals surface area contributed by atoms with E-state index in [9.17, 15) is 9.59 Å². The van der Waals surface area contributed by atoms with Gasteiger partial charge in [0.2, 0.25) is 0 Å². The number of para-hydroxylation sites is 1. The molecule has 4 aromatic rings. The van der Waals surface area contributed by atoms with Crippen molar-refractivity contribution in [2.45, 2.75) is 6.54 Å². The molecule has 0 atom stereocenters. The number of methoxy groups -OCH3 is 1. The third-order valence-electron chi connectivity index (χ3n) is 4.63. The van der Waals surface area contributed by atoms with Gasteiger partial charge >= 0.3 is 5.97 Å². The van der Waals surface area contributed by atoms with Gasteiger partial charge in [-0.05, 0) is 42.0 Å². The van der Waals surface area contributed by atoms with Crippen molar-refractivity contribution in [2.24, 2.45) is 0 Å². The summed E-state index contributed by atoms with van der Waals surface area (Å²) >= 11 is 0. The number of hydrogen-bond acceptors (Lipinski definition) is 6. The molecule has 0 fully saturated rings. The molecule has 1 amide bonds. The normalized spacial score (nSPS) is 10.6. The summed E-state index contributed by atoms with van der Waals surface area (Å²) in [4.78, 5) is 24.3. The van der Waals surface area contributed by atoms with Gasteiger partial charge in [0.1, 0.15) is 11.3 Å². The molecule has 0 aliphatic carbocycles. The molecule has 0 saturated heterocycles. The molecule has 0 aliphatic heterocycles. The molecule has 0 saturated carbocycles. The van der Waals surface area contributed by atoms with Crippen molar-refractivity contribution in [1.82, 2.24) is 15.0 Å². The molecule has 3 aromatic carbocycles. The van der Waals surface area contributed by atoms with Gasteiger partial charge in [-0.3, -0.25) is 4.79 Å². The van der Waals surface area contributed by atoms with E-state index >= 15 is 0 Å². The van der Waals surface area contributed by atoms with Gasteiger partial charge in [0.25, 0.3) is 5.91 Å². The molecule has 1 heterocycles. The van der Waals surface area contributed by atoms with E-state index in [2.05, 4.69) is 15.6 Å². The van der Waals surface area contributed by atoms with E-state index in [1.807, 2.05) is 36.4 Å². The number of aromatic nitrogens is 3. The highest BCUT2D eigenvalue weighted by Crippen LogP contribution is 2.17. The first kappa shape index (κ1) is 20.1. The Hall–Kier alpha value is -4.20. The van der Waals surface area contributed by atoms with E-state index in [4.69, 9.17) is 9.47 Å². The lowest BCUT2D eigenvalue weighted by Crippen LogP contribution is -2.21. The number of benzene rings is 3. The highest BCUT2D eigenvalue weighted by atomic mass is 16.5. The first-order chi connectivity index (χ1) is 15.1. The summed E-state index contributed by atoms with van der Waals surface area (Å²) in [5.74, 6) is -0.386. The van der Waals surface area contributed by atoms with Gasteiger partial charge in [0.15, 0.2) is 6.61 Å². The Balaban J connectivity index is 1.32. The van der Waals surface area contributed by atoms with Gasteiger partial charge < -0.3 is 14.8 Å². The molecular weight excluding hydrogens is 396 g/mol. The summed E-state index contributed by atoms with van der Waals surface area (Å²) in [5.41, 5.74) is 3.65. The van der Waals surface area contributed by atoms with Crippen LogP contribution in [0.2, 0.25) is 0 Å². The van der Waals surface area contributed by atoms with Crippen LogP contribution in [0.25, 0.3) is 11.0 Å². The zero-order valence-electron chi connectivity index (χ0n) is 16.8. The Morgan fingerprint density at radius 2 is 1.81 bits per heavy atom. The first-order valence-electron chi connectivity index (χ1n) is 9.60. The van der Waals surface area contributed by atoms with Crippen LogP contribution in [0.1, 0.15) is 15.9 Å². The fourth-order valence-corrected chi connectivity index (χ4v) is 3.07. The van der Waals surface area contributed by atoms with Gasteiger partial charge in [-0.15, -0.1) is 5.10 Å². The lowest BCUT2D eigenvalue weighted by molar-refractivity contribution is -0.119. The summed E-state index contributed by atoms with van der Waals surface area (Å²) in [5, 5.41) is 11.0. The number of esters is 1. The van der Waals surface area contributed by atoms with E-state index in [0.29, 0.717) is 23.5 Å². The Bertz CT molecular complexity index is 1220. The van der Waals surface area contributed by atoms with Crippen molar-refractivity contribution in [3.63, 3.8) is 0 Å². The number of carbonyl (C=O) groups is 2. The minimum Gasteiger partial charge on any atom is -0.497 e. The molecule has 0 unspecified atom stereocenters. The number of amides is 1. The Morgan fingerprint density at radius 1 is 1.00 bits per heavy atom. The monoisotopic (exact) mass is 416 g/mol. The lowest BCUT2D eigenvalue weighted by Gasteiger charge is -2.08. The van der Waals surface area contributed by atoms with Crippen LogP contribution in [0.3, 0.4) is 0 Å². The van der Waals surface area contributed by atoms with Gasteiger partial charge in [-0.25, -0.2) is 9.48 Å². The molecule has 4 rings (SSSR count). The fourth-order valence-electron chi connectivity index (χ4n) is 3.07. The first-order valence-corrected chi connectivity index (χ1v) is 9.60. The van der Waals surface area contributed by atoms with E-state index in [1.165, 1.54) is 0 Å². The Kier molecular flexibility index (Phi) is 5.89. The van der Waals surface area contributed by atoms with Gasteiger partial charge in [0.05, 0.1) is 24.7 Å². The Labute approximate surface area is 178 Å². The number of nitrogens with zero attached hydrogens (tertiary/aromatic N) is 3. The zero-order chi connectivity index (χ0) is 21.6. The van der Waals surface area contributed by atoms with Crippen LogP contribution in [0.4, 0.5) is 5.69 Å². The highest BCUT2D eigenvalue weighted by molar-refractivity contribution is 5.95. The van der Waals surface area contributed by atoms with Crippen LogP contribution in [0.15, 0.2) is 72.8 Å². The van der Waals surface area contributed by atoms with Crippen molar-refractivity contribution in [2.75, 3.05) is 19.0 Å². The second-order valence-electron chi connectivity index (χ2n) is 6.79. The summed E-state index contributed by atoms with van der Waals surface area (Å²) in [6.45, 7) is 0.140. The quantitative estimate of drug-likeness (QED) is 0.465. The van der Waals surface area contributed by atoms with Crippen molar-refractivity contribution < 1.29 is 19.1 Å². The van der Waals surface area contributed by atoms with Crippen LogP contribution in [-0.4, -0.2) is 40.6 Å². The third kappa shape index (κ3) is 4.87. The van der Waals surface area contributed by atoms with E-state index in [-0.39, 0.29) is 6.61 Å². The second kappa shape index (κ2) is 9.08. The summed E-state index contributed by atoms with van der Waals surface area (Å²) < 4.78 is 12.0. The fraction of sp³-hybridized carbons (Fsp3) is 0.130. The van der Waals surface area contributed by atoms with Gasteiger partial charge in [0, 0.05) is 11.8 Å². The second-order valence-corrected chi connectivity index (χ2v) is 6.79. The van der Waals surface area contributed by atoms with Crippen molar-refractivity contribution >= 4 is 28.6 Å². The maximum atomic E-state index is 12.3. The van der Waals surface area contributed by atoms with E-state index < -0.39 is 11.9 Å².